The quantitative estimate of drug-likeness (QED) is 0.579. The number of halogens is 2. The van der Waals surface area contributed by atoms with Gasteiger partial charge >= 0.3 is 12.6 Å². The molecule has 7 nitrogen and oxygen atoms in total. The van der Waals surface area contributed by atoms with Crippen LogP contribution in [0.15, 0.2) is 34.5 Å². The number of nitrogens with zero attached hydrogens (tertiary/aromatic N) is 1. The van der Waals surface area contributed by atoms with E-state index in [9.17, 15) is 27.1 Å². The number of rotatable bonds is 8. The lowest BCUT2D eigenvalue weighted by Crippen LogP contribution is -2.35. The minimum atomic E-state index is -3.68. The molecule has 1 aromatic carbocycles. The molecular weight excluding hydrogens is 452 g/mol. The van der Waals surface area contributed by atoms with E-state index in [1.54, 1.807) is 0 Å². The summed E-state index contributed by atoms with van der Waals surface area (Å²) >= 11 is 0.877. The van der Waals surface area contributed by atoms with Gasteiger partial charge in [-0.15, -0.1) is 11.3 Å². The Morgan fingerprint density at radius 3 is 2.48 bits per heavy atom. The van der Waals surface area contributed by atoms with Crippen LogP contribution < -0.4 is 9.47 Å². The molecule has 1 saturated heterocycles. The van der Waals surface area contributed by atoms with Gasteiger partial charge in [0, 0.05) is 18.0 Å². The van der Waals surface area contributed by atoms with Gasteiger partial charge in [0.1, 0.15) is 4.21 Å². The van der Waals surface area contributed by atoms with Crippen molar-refractivity contribution in [2.24, 2.45) is 0 Å². The number of benzene rings is 1. The van der Waals surface area contributed by atoms with Crippen LogP contribution in [0.5, 0.6) is 11.5 Å². The van der Waals surface area contributed by atoms with Crippen LogP contribution in [0, 0.1) is 0 Å². The summed E-state index contributed by atoms with van der Waals surface area (Å²) in [5.41, 5.74) is 0.236. The third kappa shape index (κ3) is 5.41. The van der Waals surface area contributed by atoms with E-state index in [0.717, 1.165) is 30.6 Å². The molecule has 1 fully saturated rings. The fraction of sp³-hybridized carbons (Fsp3) is 0.350. The van der Waals surface area contributed by atoms with E-state index in [4.69, 9.17) is 4.74 Å². The maximum Gasteiger partial charge on any atom is 0.387 e. The lowest BCUT2D eigenvalue weighted by atomic mass is 10.1. The highest BCUT2D eigenvalue weighted by Gasteiger charge is 2.28. The number of hydrogen-bond acceptors (Lipinski definition) is 6. The lowest BCUT2D eigenvalue weighted by molar-refractivity contribution is -0.130. The second-order valence-corrected chi connectivity index (χ2v) is 9.98. The summed E-state index contributed by atoms with van der Waals surface area (Å²) in [7, 11) is -2.40. The predicted octanol–water partition coefficient (Wildman–Crippen LogP) is 4.16. The lowest BCUT2D eigenvalue weighted by Gasteiger charge is -2.25. The third-order valence-electron chi connectivity index (χ3n) is 4.70. The Morgan fingerprint density at radius 2 is 1.87 bits per heavy atom. The second kappa shape index (κ2) is 9.75. The van der Waals surface area contributed by atoms with Crippen molar-refractivity contribution in [2.75, 3.05) is 20.2 Å². The van der Waals surface area contributed by atoms with Crippen LogP contribution in [0.1, 0.15) is 29.7 Å². The molecule has 0 saturated carbocycles. The van der Waals surface area contributed by atoms with Crippen LogP contribution in [0.2, 0.25) is 0 Å². The zero-order valence-electron chi connectivity index (χ0n) is 16.6. The first-order valence-electron chi connectivity index (χ1n) is 9.40. The van der Waals surface area contributed by atoms with E-state index >= 15 is 0 Å². The van der Waals surface area contributed by atoms with Gasteiger partial charge in [0.05, 0.1) is 12.7 Å². The Morgan fingerprint density at radius 1 is 1.16 bits per heavy atom. The minimum absolute atomic E-state index is 0.0123. The molecule has 2 heterocycles. The summed E-state index contributed by atoms with van der Waals surface area (Å²) in [5, 5.41) is 9.67. The molecular formula is C20H21F2NO6S2. The van der Waals surface area contributed by atoms with Crippen molar-refractivity contribution in [1.82, 2.24) is 4.31 Å². The summed E-state index contributed by atoms with van der Waals surface area (Å²) in [6.45, 7) is -2.13. The van der Waals surface area contributed by atoms with Crippen molar-refractivity contribution >= 4 is 39.0 Å². The fourth-order valence-corrected chi connectivity index (χ4v) is 6.19. The van der Waals surface area contributed by atoms with Gasteiger partial charge in [-0.3, -0.25) is 0 Å². The van der Waals surface area contributed by atoms with Crippen molar-refractivity contribution in [3.05, 3.63) is 40.8 Å². The Bertz CT molecular complexity index is 1080. The normalized spacial score (nSPS) is 15.8. The first kappa shape index (κ1) is 23.2. The summed E-state index contributed by atoms with van der Waals surface area (Å²) in [6, 6.07) is 6.87. The van der Waals surface area contributed by atoms with Gasteiger partial charge in [-0.25, -0.2) is 13.2 Å². The topological polar surface area (TPSA) is 93.1 Å². The molecule has 1 N–H and O–H groups in total. The predicted molar refractivity (Wildman–Crippen MR) is 112 cm³/mol. The molecule has 0 bridgehead atoms. The Hall–Kier alpha value is -2.50. The van der Waals surface area contributed by atoms with Crippen LogP contribution in [0.25, 0.3) is 11.6 Å². The van der Waals surface area contributed by atoms with Crippen molar-refractivity contribution in [3.8, 4) is 11.5 Å². The maximum absolute atomic E-state index is 12.8. The highest BCUT2D eigenvalue weighted by atomic mass is 32.2. The van der Waals surface area contributed by atoms with E-state index in [0.29, 0.717) is 18.7 Å². The number of alkyl halides is 2. The van der Waals surface area contributed by atoms with Gasteiger partial charge in [-0.2, -0.15) is 13.1 Å². The highest BCUT2D eigenvalue weighted by molar-refractivity contribution is 7.91. The number of carboxylic acid groups (broad SMARTS) is 1. The number of ether oxygens (including phenoxy) is 2. The van der Waals surface area contributed by atoms with Gasteiger partial charge in [0.25, 0.3) is 10.0 Å². The molecule has 31 heavy (non-hydrogen) atoms. The molecule has 2 aromatic rings. The summed E-state index contributed by atoms with van der Waals surface area (Å²) in [5.74, 6) is -1.42. The van der Waals surface area contributed by atoms with Gasteiger partial charge in [0.2, 0.25) is 0 Å². The molecule has 0 spiro atoms. The summed E-state index contributed by atoms with van der Waals surface area (Å²) in [6.07, 6.45) is 3.90. The number of piperidine rings is 1. The molecule has 0 amide bonds. The Labute approximate surface area is 182 Å². The molecule has 0 atom stereocenters. The SMILES string of the molecule is COc1cc(/C=C(/C(=O)O)c2ccc(S(=O)(=O)N3CCCCC3)s2)ccc1OC(F)F. The highest BCUT2D eigenvalue weighted by Crippen LogP contribution is 2.34. The first-order valence-corrected chi connectivity index (χ1v) is 11.7. The van der Waals surface area contributed by atoms with Crippen LogP contribution in [0.3, 0.4) is 0 Å². The van der Waals surface area contributed by atoms with E-state index in [1.165, 1.54) is 47.8 Å². The third-order valence-corrected chi connectivity index (χ3v) is 8.19. The van der Waals surface area contributed by atoms with Crippen LogP contribution >= 0.6 is 11.3 Å². The zero-order valence-corrected chi connectivity index (χ0v) is 18.2. The molecule has 168 valence electrons. The van der Waals surface area contributed by atoms with E-state index in [1.807, 2.05) is 0 Å². The number of aliphatic carboxylic acids is 1. The molecule has 0 aliphatic carbocycles. The molecule has 0 unspecified atom stereocenters. The minimum Gasteiger partial charge on any atom is -0.493 e. The molecule has 11 heteroatoms. The van der Waals surface area contributed by atoms with Crippen molar-refractivity contribution in [1.29, 1.82) is 0 Å². The van der Waals surface area contributed by atoms with Gasteiger partial charge in [0.15, 0.2) is 11.5 Å². The average Bonchev–Trinajstić information content (AvgIpc) is 3.23. The molecule has 1 aliphatic heterocycles. The van der Waals surface area contributed by atoms with Gasteiger partial charge < -0.3 is 14.6 Å². The number of sulfonamides is 1. The number of hydrogen-bond donors (Lipinski definition) is 1. The largest absolute Gasteiger partial charge is 0.493 e. The fourth-order valence-electron chi connectivity index (χ4n) is 3.21. The monoisotopic (exact) mass is 473 g/mol. The molecule has 1 aromatic heterocycles. The van der Waals surface area contributed by atoms with E-state index < -0.39 is 22.6 Å². The zero-order chi connectivity index (χ0) is 22.6. The smallest absolute Gasteiger partial charge is 0.387 e. The molecule has 3 rings (SSSR count). The first-order chi connectivity index (χ1) is 14.7. The molecule has 1 aliphatic rings. The second-order valence-electron chi connectivity index (χ2n) is 6.74. The Kier molecular flexibility index (Phi) is 7.29. The van der Waals surface area contributed by atoms with Crippen molar-refractivity contribution in [3.63, 3.8) is 0 Å². The summed E-state index contributed by atoms with van der Waals surface area (Å²) in [4.78, 5) is 12.1. The molecule has 0 radical (unpaired) electrons. The number of carboxylic acids is 1. The number of thiophene rings is 1. The van der Waals surface area contributed by atoms with Gasteiger partial charge in [-0.05, 0) is 48.7 Å². The number of methoxy groups -OCH3 is 1. The number of carbonyl (C=O) groups is 1. The van der Waals surface area contributed by atoms with Crippen LogP contribution in [-0.4, -0.2) is 50.6 Å². The van der Waals surface area contributed by atoms with E-state index in [2.05, 4.69) is 4.74 Å². The van der Waals surface area contributed by atoms with E-state index in [-0.39, 0.29) is 26.2 Å². The average molecular weight is 474 g/mol. The summed E-state index contributed by atoms with van der Waals surface area (Å²) < 4.78 is 61.5. The van der Waals surface area contributed by atoms with Crippen molar-refractivity contribution in [2.45, 2.75) is 30.1 Å². The van der Waals surface area contributed by atoms with Crippen LogP contribution in [0.4, 0.5) is 8.78 Å². The Balaban J connectivity index is 1.93. The maximum atomic E-state index is 12.8. The van der Waals surface area contributed by atoms with Crippen molar-refractivity contribution < 1.29 is 36.6 Å². The standard InChI is InChI=1S/C20H21F2NO6S2/c1-28-16-12-13(5-6-15(16)29-20(21)22)11-14(19(24)25)17-7-8-18(30-17)31(26,27)23-9-3-2-4-10-23/h5-8,11-12,20H,2-4,9-10H2,1H3,(H,24,25)/b14-11+. The van der Waals surface area contributed by atoms with Gasteiger partial charge in [-0.1, -0.05) is 12.5 Å². The van der Waals surface area contributed by atoms with Crippen LogP contribution in [-0.2, 0) is 14.8 Å².